The normalized spacial score (nSPS) is 12.1. The van der Waals surface area contributed by atoms with Crippen LogP contribution in [0.15, 0.2) is 55.0 Å². The lowest BCUT2D eigenvalue weighted by atomic mass is 10.0. The van der Waals surface area contributed by atoms with E-state index in [0.717, 1.165) is 29.3 Å². The molecule has 3 aromatic heterocycles. The van der Waals surface area contributed by atoms with E-state index in [1.807, 2.05) is 42.8 Å². The maximum atomic E-state index is 9.91. The van der Waals surface area contributed by atoms with Crippen LogP contribution in [0.5, 0.6) is 0 Å². The predicted molar refractivity (Wildman–Crippen MR) is 130 cm³/mol. The fourth-order valence-corrected chi connectivity index (χ4v) is 4.06. The van der Waals surface area contributed by atoms with E-state index < -0.39 is 0 Å². The molecule has 1 N–H and O–H groups in total. The molecule has 4 aromatic rings. The van der Waals surface area contributed by atoms with Gasteiger partial charge in [-0.2, -0.15) is 0 Å². The molecule has 0 unspecified atom stereocenters. The summed E-state index contributed by atoms with van der Waals surface area (Å²) >= 11 is 0. The number of benzene rings is 1. The lowest BCUT2D eigenvalue weighted by Crippen LogP contribution is -2.28. The van der Waals surface area contributed by atoms with E-state index in [9.17, 15) is 5.11 Å². The molecule has 0 aliphatic carbocycles. The van der Waals surface area contributed by atoms with Gasteiger partial charge in [0.1, 0.15) is 5.69 Å². The Morgan fingerprint density at radius 2 is 1.76 bits per heavy atom. The Bertz CT molecular complexity index is 1250. The Labute approximate surface area is 194 Å². The van der Waals surface area contributed by atoms with Gasteiger partial charge in [0.25, 0.3) is 0 Å². The Morgan fingerprint density at radius 3 is 2.36 bits per heavy atom. The first kappa shape index (κ1) is 22.6. The van der Waals surface area contributed by atoms with Crippen molar-refractivity contribution in [3.8, 4) is 17.1 Å². The molecule has 0 aliphatic heterocycles. The van der Waals surface area contributed by atoms with Gasteiger partial charge < -0.3 is 14.6 Å². The van der Waals surface area contributed by atoms with Crippen molar-refractivity contribution in [1.29, 1.82) is 0 Å². The Balaban J connectivity index is 1.64. The molecule has 0 saturated carbocycles. The van der Waals surface area contributed by atoms with Gasteiger partial charge in [0.2, 0.25) is 0 Å². The van der Waals surface area contributed by atoms with E-state index in [2.05, 4.69) is 70.1 Å². The van der Waals surface area contributed by atoms with Crippen molar-refractivity contribution in [1.82, 2.24) is 24.7 Å². The molecule has 0 fully saturated rings. The average Bonchev–Trinajstić information content (AvgIpc) is 3.26. The second-order valence-electron chi connectivity index (χ2n) is 8.35. The van der Waals surface area contributed by atoms with Gasteiger partial charge in [-0.1, -0.05) is 29.8 Å². The largest absolute Gasteiger partial charge is 0.390 e. The highest BCUT2D eigenvalue weighted by atomic mass is 16.3. The zero-order valence-electron chi connectivity index (χ0n) is 19.8. The summed E-state index contributed by atoms with van der Waals surface area (Å²) in [4.78, 5) is 11.2. The molecular formula is C26H30N6O. The third kappa shape index (κ3) is 4.64. The molecule has 0 spiro atoms. The van der Waals surface area contributed by atoms with E-state index in [1.54, 1.807) is 6.33 Å². The van der Waals surface area contributed by atoms with Crippen molar-refractivity contribution in [3.05, 3.63) is 83.1 Å². The second kappa shape index (κ2) is 9.50. The van der Waals surface area contributed by atoms with Crippen LogP contribution >= 0.6 is 0 Å². The minimum atomic E-state index is -0.178. The summed E-state index contributed by atoms with van der Waals surface area (Å²) in [5, 5.41) is 19.0. The highest BCUT2D eigenvalue weighted by molar-refractivity contribution is 5.60. The van der Waals surface area contributed by atoms with Crippen LogP contribution in [0, 0.1) is 20.8 Å². The smallest absolute Gasteiger partial charge is 0.154 e. The molecular weight excluding hydrogens is 412 g/mol. The van der Waals surface area contributed by atoms with E-state index in [4.69, 9.17) is 0 Å². The minimum Gasteiger partial charge on any atom is -0.390 e. The van der Waals surface area contributed by atoms with Gasteiger partial charge in [-0.15, -0.1) is 10.2 Å². The molecule has 170 valence electrons. The number of hydrogen-bond acceptors (Lipinski definition) is 6. The van der Waals surface area contributed by atoms with Gasteiger partial charge in [-0.25, -0.2) is 9.97 Å². The summed E-state index contributed by atoms with van der Waals surface area (Å²) in [6.45, 7) is 11.0. The summed E-state index contributed by atoms with van der Waals surface area (Å²) in [5.41, 5.74) is 7.15. The van der Waals surface area contributed by atoms with Crippen molar-refractivity contribution in [2.24, 2.45) is 0 Å². The lowest BCUT2D eigenvalue weighted by molar-refractivity contribution is 0.276. The second-order valence-corrected chi connectivity index (χ2v) is 8.35. The maximum Gasteiger partial charge on any atom is 0.154 e. The summed E-state index contributed by atoms with van der Waals surface area (Å²) < 4.78 is 1.86. The molecule has 0 aliphatic rings. The third-order valence-electron chi connectivity index (χ3n) is 5.95. The van der Waals surface area contributed by atoms with Crippen LogP contribution in [0.1, 0.15) is 48.0 Å². The van der Waals surface area contributed by atoms with Gasteiger partial charge in [0.15, 0.2) is 5.82 Å². The van der Waals surface area contributed by atoms with Crippen molar-refractivity contribution in [2.45, 2.75) is 47.3 Å². The fraction of sp³-hybridized carbons (Fsp3) is 0.308. The number of anilines is 1. The van der Waals surface area contributed by atoms with Crippen molar-refractivity contribution >= 4 is 5.82 Å². The molecule has 0 amide bonds. The number of aliphatic hydroxyl groups is 1. The van der Waals surface area contributed by atoms with Gasteiger partial charge in [0, 0.05) is 12.7 Å². The number of rotatable bonds is 7. The standard InChI is InChI=1S/C26H30N6O/c1-6-32(20(5)21-9-7-17(2)8-10-21)26-18(3)13-23(29-30-26)22-11-12-25(24(15-33)28-22)31-14-19(4)27-16-31/h7-14,16,20,33H,6,15H2,1-5H3/t20-/m0/s1. The monoisotopic (exact) mass is 442 g/mol. The zero-order chi connectivity index (χ0) is 23.5. The molecule has 0 radical (unpaired) electrons. The number of hydrogen-bond donors (Lipinski definition) is 1. The topological polar surface area (TPSA) is 80.0 Å². The number of aryl methyl sites for hydroxylation is 3. The van der Waals surface area contributed by atoms with Gasteiger partial charge >= 0.3 is 0 Å². The minimum absolute atomic E-state index is 0.173. The molecule has 7 heteroatoms. The van der Waals surface area contributed by atoms with Crippen LogP contribution in [0.4, 0.5) is 5.82 Å². The summed E-state index contributed by atoms with van der Waals surface area (Å²) in [7, 11) is 0. The van der Waals surface area contributed by atoms with Gasteiger partial charge in [-0.3, -0.25) is 0 Å². The molecule has 1 aromatic carbocycles. The number of aromatic nitrogens is 5. The fourth-order valence-electron chi connectivity index (χ4n) is 4.06. The Hall–Kier alpha value is -3.58. The molecule has 4 rings (SSSR count). The van der Waals surface area contributed by atoms with Crippen LogP contribution in [0.3, 0.4) is 0 Å². The summed E-state index contributed by atoms with van der Waals surface area (Å²) in [6.07, 6.45) is 3.63. The number of pyridine rings is 1. The molecule has 1 atom stereocenters. The maximum absolute atomic E-state index is 9.91. The van der Waals surface area contributed by atoms with Crippen LogP contribution in [0.2, 0.25) is 0 Å². The van der Waals surface area contributed by atoms with Crippen LogP contribution in [-0.4, -0.2) is 36.4 Å². The third-order valence-corrected chi connectivity index (χ3v) is 5.95. The highest BCUT2D eigenvalue weighted by Crippen LogP contribution is 2.29. The van der Waals surface area contributed by atoms with Gasteiger partial charge in [0.05, 0.1) is 41.7 Å². The lowest BCUT2D eigenvalue weighted by Gasteiger charge is -2.30. The van der Waals surface area contributed by atoms with E-state index in [-0.39, 0.29) is 12.6 Å². The molecule has 3 heterocycles. The first-order valence-corrected chi connectivity index (χ1v) is 11.2. The first-order chi connectivity index (χ1) is 15.9. The van der Waals surface area contributed by atoms with Crippen molar-refractivity contribution < 1.29 is 5.11 Å². The molecule has 0 saturated heterocycles. The van der Waals surface area contributed by atoms with Crippen LogP contribution in [0.25, 0.3) is 17.1 Å². The number of nitrogens with zero attached hydrogens (tertiary/aromatic N) is 6. The quantitative estimate of drug-likeness (QED) is 0.446. The van der Waals surface area contributed by atoms with Crippen LogP contribution < -0.4 is 4.90 Å². The predicted octanol–water partition coefficient (Wildman–Crippen LogP) is 4.73. The molecule has 33 heavy (non-hydrogen) atoms. The molecule has 7 nitrogen and oxygen atoms in total. The van der Waals surface area contributed by atoms with Crippen molar-refractivity contribution in [3.63, 3.8) is 0 Å². The SMILES string of the molecule is CCN(c1nnc(-c2ccc(-n3cnc(C)c3)c(CO)n2)cc1C)[C@@H](C)c1ccc(C)cc1. The van der Waals surface area contributed by atoms with E-state index in [0.29, 0.717) is 17.1 Å². The Morgan fingerprint density at radius 1 is 1.00 bits per heavy atom. The van der Waals surface area contributed by atoms with Crippen molar-refractivity contribution in [2.75, 3.05) is 11.4 Å². The first-order valence-electron chi connectivity index (χ1n) is 11.2. The van der Waals surface area contributed by atoms with Gasteiger partial charge in [-0.05, 0) is 63.9 Å². The van der Waals surface area contributed by atoms with E-state index in [1.165, 1.54) is 11.1 Å². The highest BCUT2D eigenvalue weighted by Gasteiger charge is 2.19. The number of aliphatic hydroxyl groups excluding tert-OH is 1. The van der Waals surface area contributed by atoms with Crippen LogP contribution in [-0.2, 0) is 6.61 Å². The van der Waals surface area contributed by atoms with E-state index >= 15 is 0 Å². The summed E-state index contributed by atoms with van der Waals surface area (Å²) in [5.74, 6) is 0.863. The summed E-state index contributed by atoms with van der Waals surface area (Å²) in [6, 6.07) is 14.6. The molecule has 0 bridgehead atoms. The zero-order valence-corrected chi connectivity index (χ0v) is 19.8. The average molecular weight is 443 g/mol. The number of imidazole rings is 1. The Kier molecular flexibility index (Phi) is 6.51.